The zero-order valence-corrected chi connectivity index (χ0v) is 22.5. The number of carbonyl (C=O) groups excluding carboxylic acids is 2. The standard InChI is InChI=1S/C27H36N2O6S/c1-6-34-22-13-19(11-12-21(22)33-5)14-23-27(32)29(25(36-23)15-26(31)35-7-2)16-24(30)28-20-10-8-9-17(3)18(20)4/h11-15,17-18,20H,6-10,16H2,1-5H3,(H,28,30)/b23-14-,25-15+. The Kier molecular flexibility index (Phi) is 9.75. The summed E-state index contributed by atoms with van der Waals surface area (Å²) in [5.41, 5.74) is 0.395. The first-order valence-electron chi connectivity index (χ1n) is 12.5. The minimum absolute atomic E-state index is 0.0791. The van der Waals surface area contributed by atoms with Gasteiger partial charge in [-0.25, -0.2) is 4.79 Å². The molecule has 1 aromatic heterocycles. The van der Waals surface area contributed by atoms with Gasteiger partial charge in [-0.05, 0) is 55.9 Å². The van der Waals surface area contributed by atoms with Crippen LogP contribution in [0.3, 0.4) is 0 Å². The van der Waals surface area contributed by atoms with Gasteiger partial charge in [0.25, 0.3) is 5.56 Å². The number of hydrogen-bond donors (Lipinski definition) is 1. The van der Waals surface area contributed by atoms with Crippen LogP contribution in [0.2, 0.25) is 0 Å². The van der Waals surface area contributed by atoms with Crippen LogP contribution in [-0.2, 0) is 20.9 Å². The maximum atomic E-state index is 13.3. The van der Waals surface area contributed by atoms with Crippen molar-refractivity contribution in [2.45, 2.75) is 59.5 Å². The van der Waals surface area contributed by atoms with Crippen molar-refractivity contribution in [3.05, 3.63) is 43.3 Å². The number of amides is 1. The number of aromatic nitrogens is 1. The van der Waals surface area contributed by atoms with Gasteiger partial charge in [-0.15, -0.1) is 11.3 Å². The molecule has 0 spiro atoms. The zero-order valence-electron chi connectivity index (χ0n) is 21.7. The first-order chi connectivity index (χ1) is 17.3. The Morgan fingerprint density at radius 3 is 2.64 bits per heavy atom. The number of ether oxygens (including phenoxy) is 3. The highest BCUT2D eigenvalue weighted by molar-refractivity contribution is 7.07. The number of thiazole rings is 1. The van der Waals surface area contributed by atoms with Gasteiger partial charge in [0, 0.05) is 6.04 Å². The molecule has 1 fully saturated rings. The van der Waals surface area contributed by atoms with E-state index in [1.165, 1.54) is 10.6 Å². The third-order valence-electron chi connectivity index (χ3n) is 6.60. The first kappa shape index (κ1) is 27.5. The van der Waals surface area contributed by atoms with Gasteiger partial charge in [0.1, 0.15) is 11.2 Å². The Morgan fingerprint density at radius 2 is 1.94 bits per heavy atom. The molecule has 0 radical (unpaired) electrons. The largest absolute Gasteiger partial charge is 0.493 e. The summed E-state index contributed by atoms with van der Waals surface area (Å²) in [6.07, 6.45) is 6.14. The highest BCUT2D eigenvalue weighted by Crippen LogP contribution is 2.29. The molecule has 1 amide bonds. The third kappa shape index (κ3) is 6.78. The lowest BCUT2D eigenvalue weighted by Crippen LogP contribution is -2.46. The summed E-state index contributed by atoms with van der Waals surface area (Å²) >= 11 is 1.14. The van der Waals surface area contributed by atoms with Crippen LogP contribution in [0.5, 0.6) is 11.5 Å². The van der Waals surface area contributed by atoms with E-state index in [0.29, 0.717) is 39.1 Å². The number of carbonyl (C=O) groups is 2. The fourth-order valence-electron chi connectivity index (χ4n) is 4.46. The van der Waals surface area contributed by atoms with E-state index in [9.17, 15) is 14.4 Å². The molecule has 196 valence electrons. The molecule has 0 saturated heterocycles. The monoisotopic (exact) mass is 516 g/mol. The molecule has 36 heavy (non-hydrogen) atoms. The van der Waals surface area contributed by atoms with Crippen LogP contribution >= 0.6 is 11.3 Å². The number of hydrogen-bond acceptors (Lipinski definition) is 7. The molecule has 3 rings (SSSR count). The summed E-state index contributed by atoms with van der Waals surface area (Å²) in [7, 11) is 1.57. The second-order valence-electron chi connectivity index (χ2n) is 9.02. The molecule has 1 N–H and O–H groups in total. The lowest BCUT2D eigenvalue weighted by molar-refractivity contribution is -0.135. The van der Waals surface area contributed by atoms with Gasteiger partial charge in [-0.3, -0.25) is 14.2 Å². The molecule has 2 aromatic rings. The van der Waals surface area contributed by atoms with E-state index >= 15 is 0 Å². The van der Waals surface area contributed by atoms with Crippen molar-refractivity contribution < 1.29 is 23.8 Å². The first-order valence-corrected chi connectivity index (χ1v) is 13.3. The van der Waals surface area contributed by atoms with Crippen LogP contribution in [0.4, 0.5) is 0 Å². The molecule has 1 aromatic carbocycles. The molecule has 0 bridgehead atoms. The second kappa shape index (κ2) is 12.8. The Balaban J connectivity index is 1.98. The summed E-state index contributed by atoms with van der Waals surface area (Å²) < 4.78 is 18.1. The van der Waals surface area contributed by atoms with E-state index in [4.69, 9.17) is 14.2 Å². The van der Waals surface area contributed by atoms with Crippen molar-refractivity contribution in [3.63, 3.8) is 0 Å². The van der Waals surface area contributed by atoms with E-state index in [1.807, 2.05) is 13.0 Å². The summed E-state index contributed by atoms with van der Waals surface area (Å²) in [4.78, 5) is 38.5. The molecule has 1 aliphatic carbocycles. The summed E-state index contributed by atoms with van der Waals surface area (Å²) in [6.45, 7) is 8.47. The Labute approximate surface area is 215 Å². The van der Waals surface area contributed by atoms with E-state index < -0.39 is 5.97 Å². The quantitative estimate of drug-likeness (QED) is 0.515. The summed E-state index contributed by atoms with van der Waals surface area (Å²) in [5.74, 6) is 1.26. The molecule has 3 atom stereocenters. The maximum absolute atomic E-state index is 13.3. The molecule has 1 saturated carbocycles. The SMILES string of the molecule is CCOC(=O)/C=c1/s/c(=C\c2ccc(OC)c(OCC)c2)c(=O)n1CC(=O)NC1CCCC(C)C1C. The van der Waals surface area contributed by atoms with Crippen LogP contribution in [0, 0.1) is 11.8 Å². The molecule has 1 heterocycles. The van der Waals surface area contributed by atoms with Gasteiger partial charge in [-0.1, -0.05) is 32.8 Å². The van der Waals surface area contributed by atoms with E-state index in [0.717, 1.165) is 36.2 Å². The van der Waals surface area contributed by atoms with Crippen LogP contribution in [0.25, 0.3) is 12.2 Å². The minimum atomic E-state index is -0.558. The van der Waals surface area contributed by atoms with Gasteiger partial charge in [0.2, 0.25) is 5.91 Å². The van der Waals surface area contributed by atoms with Crippen molar-refractivity contribution in [1.29, 1.82) is 0 Å². The fourth-order valence-corrected chi connectivity index (χ4v) is 5.49. The van der Waals surface area contributed by atoms with E-state index in [1.54, 1.807) is 32.2 Å². The third-order valence-corrected chi connectivity index (χ3v) is 7.66. The van der Waals surface area contributed by atoms with Crippen LogP contribution < -0.4 is 29.5 Å². The second-order valence-corrected chi connectivity index (χ2v) is 10.1. The van der Waals surface area contributed by atoms with Crippen molar-refractivity contribution in [2.24, 2.45) is 11.8 Å². The molecular weight excluding hydrogens is 480 g/mol. The predicted molar refractivity (Wildman–Crippen MR) is 141 cm³/mol. The van der Waals surface area contributed by atoms with Gasteiger partial charge >= 0.3 is 5.97 Å². The molecule has 3 unspecified atom stereocenters. The molecule has 8 nitrogen and oxygen atoms in total. The Bertz CT molecular complexity index is 1250. The Hall–Kier alpha value is -3.07. The Morgan fingerprint density at radius 1 is 1.17 bits per heavy atom. The number of esters is 1. The number of methoxy groups -OCH3 is 1. The lowest BCUT2D eigenvalue weighted by atomic mass is 9.78. The molecule has 1 aliphatic rings. The number of nitrogens with one attached hydrogen (secondary N) is 1. The van der Waals surface area contributed by atoms with E-state index in [-0.39, 0.29) is 30.7 Å². The van der Waals surface area contributed by atoms with Gasteiger partial charge in [0.05, 0.1) is 30.9 Å². The maximum Gasteiger partial charge on any atom is 0.333 e. The highest BCUT2D eigenvalue weighted by Gasteiger charge is 2.28. The van der Waals surface area contributed by atoms with Crippen molar-refractivity contribution in [2.75, 3.05) is 20.3 Å². The fraction of sp³-hybridized carbons (Fsp3) is 0.519. The number of nitrogens with zero attached hydrogens (tertiary/aromatic N) is 1. The van der Waals surface area contributed by atoms with Gasteiger partial charge in [-0.2, -0.15) is 0 Å². The van der Waals surface area contributed by atoms with Crippen molar-refractivity contribution in [1.82, 2.24) is 9.88 Å². The zero-order chi connectivity index (χ0) is 26.2. The average Bonchev–Trinajstić information content (AvgIpc) is 3.11. The average molecular weight is 517 g/mol. The topological polar surface area (TPSA) is 95.9 Å². The number of benzene rings is 1. The normalized spacial score (nSPS) is 20.8. The van der Waals surface area contributed by atoms with Gasteiger partial charge < -0.3 is 19.5 Å². The number of rotatable bonds is 9. The van der Waals surface area contributed by atoms with Crippen LogP contribution in [-0.4, -0.2) is 42.8 Å². The smallest absolute Gasteiger partial charge is 0.333 e. The lowest BCUT2D eigenvalue weighted by Gasteiger charge is -2.34. The van der Waals surface area contributed by atoms with Crippen LogP contribution in [0.15, 0.2) is 23.0 Å². The molecule has 9 heteroatoms. The molecule has 0 aliphatic heterocycles. The van der Waals surface area contributed by atoms with Crippen molar-refractivity contribution in [3.8, 4) is 11.5 Å². The van der Waals surface area contributed by atoms with E-state index in [2.05, 4.69) is 19.2 Å². The van der Waals surface area contributed by atoms with Crippen molar-refractivity contribution >= 4 is 35.4 Å². The highest BCUT2D eigenvalue weighted by atomic mass is 32.1. The summed E-state index contributed by atoms with van der Waals surface area (Å²) in [5, 5.41) is 3.11. The van der Waals surface area contributed by atoms with Gasteiger partial charge in [0.15, 0.2) is 11.5 Å². The van der Waals surface area contributed by atoms with Crippen LogP contribution in [0.1, 0.15) is 52.5 Å². The molecular formula is C27H36N2O6S. The minimum Gasteiger partial charge on any atom is -0.493 e. The summed E-state index contributed by atoms with van der Waals surface area (Å²) in [6, 6.07) is 5.46. The predicted octanol–water partition coefficient (Wildman–Crippen LogP) is 2.43.